The van der Waals surface area contributed by atoms with Gasteiger partial charge in [-0.3, -0.25) is 4.90 Å². The lowest BCUT2D eigenvalue weighted by molar-refractivity contribution is 0.122. The van der Waals surface area contributed by atoms with Gasteiger partial charge in [-0.15, -0.1) is 0 Å². The van der Waals surface area contributed by atoms with E-state index >= 15 is 0 Å². The number of pyridine rings is 1. The molecule has 4 rings (SSSR count). The van der Waals surface area contributed by atoms with Gasteiger partial charge in [0, 0.05) is 63.0 Å². The van der Waals surface area contributed by atoms with E-state index in [0.717, 1.165) is 106 Å². The maximum Gasteiger partial charge on any atom is 0.163 e. The van der Waals surface area contributed by atoms with E-state index in [4.69, 9.17) is 19.7 Å². The Morgan fingerprint density at radius 2 is 2.00 bits per heavy atom. The molecule has 0 saturated carbocycles. The van der Waals surface area contributed by atoms with Gasteiger partial charge in [0.2, 0.25) is 0 Å². The molecule has 2 aromatic heterocycles. The smallest absolute Gasteiger partial charge is 0.163 e. The van der Waals surface area contributed by atoms with E-state index in [0.29, 0.717) is 0 Å². The van der Waals surface area contributed by atoms with Crippen LogP contribution in [0.1, 0.15) is 17.7 Å². The van der Waals surface area contributed by atoms with Crippen molar-refractivity contribution in [2.45, 2.75) is 19.4 Å². The molecule has 0 atom stereocenters. The molecule has 0 unspecified atom stereocenters. The topological polar surface area (TPSA) is 69.7 Å². The predicted octanol–water partition coefficient (Wildman–Crippen LogP) is 3.40. The number of rotatable bonds is 11. The molecule has 4 heterocycles. The maximum absolute atomic E-state index is 5.47. The van der Waals surface area contributed by atoms with Crippen LogP contribution in [0.2, 0.25) is 0 Å². The second-order valence-electron chi connectivity index (χ2n) is 9.55. The van der Waals surface area contributed by atoms with Crippen LogP contribution in [0.25, 0.3) is 11.4 Å². The van der Waals surface area contributed by atoms with Gasteiger partial charge in [0.15, 0.2) is 5.82 Å². The van der Waals surface area contributed by atoms with Crippen molar-refractivity contribution < 1.29 is 4.74 Å². The standard InChI is InChI=1S/C28H39N7O/c1-5-8-22(6-2)20-34-14-11-25-24(21-34)28(29-12-7-13-33(3)4)32-27(31-25)23-9-10-26(30-19-23)35-15-17-36-18-16-35/h5-6,8-10,19H,1-2,7,11-18,20-21H2,3-4H3,(H,29,31,32)/b22-8+. The van der Waals surface area contributed by atoms with Crippen LogP contribution in [0, 0.1) is 0 Å². The number of aromatic nitrogens is 3. The van der Waals surface area contributed by atoms with Crippen molar-refractivity contribution in [2.24, 2.45) is 0 Å². The van der Waals surface area contributed by atoms with Gasteiger partial charge in [-0.1, -0.05) is 31.4 Å². The van der Waals surface area contributed by atoms with Crippen LogP contribution in [0.4, 0.5) is 11.6 Å². The number of nitrogens with zero attached hydrogens (tertiary/aromatic N) is 6. The quantitative estimate of drug-likeness (QED) is 0.381. The van der Waals surface area contributed by atoms with Crippen LogP contribution in [0.3, 0.4) is 0 Å². The van der Waals surface area contributed by atoms with Gasteiger partial charge in [0.1, 0.15) is 11.6 Å². The lowest BCUT2D eigenvalue weighted by Crippen LogP contribution is -2.36. The molecule has 0 bridgehead atoms. The van der Waals surface area contributed by atoms with Crippen LogP contribution < -0.4 is 10.2 Å². The third kappa shape index (κ3) is 6.78. The maximum atomic E-state index is 5.47. The summed E-state index contributed by atoms with van der Waals surface area (Å²) in [5.74, 6) is 2.64. The number of fused-ring (bicyclic) bond motifs is 1. The number of hydrogen-bond acceptors (Lipinski definition) is 8. The number of anilines is 2. The second kappa shape index (κ2) is 12.8. The van der Waals surface area contributed by atoms with E-state index in [2.05, 4.69) is 59.4 Å². The lowest BCUT2D eigenvalue weighted by atomic mass is 10.0. The van der Waals surface area contributed by atoms with Gasteiger partial charge >= 0.3 is 0 Å². The molecular formula is C28H39N7O. The van der Waals surface area contributed by atoms with E-state index in [-0.39, 0.29) is 0 Å². The Kier molecular flexibility index (Phi) is 9.22. The minimum Gasteiger partial charge on any atom is -0.378 e. The van der Waals surface area contributed by atoms with E-state index in [1.807, 2.05) is 24.4 Å². The van der Waals surface area contributed by atoms with Crippen LogP contribution in [-0.4, -0.2) is 91.3 Å². The first kappa shape index (κ1) is 26.0. The SMILES string of the molecule is C=C/C=C(\C=C)CN1CCc2nc(-c3ccc(N4CCOCC4)nc3)nc(NCCCN(C)C)c2C1. The van der Waals surface area contributed by atoms with Crippen molar-refractivity contribution in [3.05, 3.63) is 66.5 Å². The third-order valence-electron chi connectivity index (χ3n) is 6.56. The molecule has 8 nitrogen and oxygen atoms in total. The summed E-state index contributed by atoms with van der Waals surface area (Å²) in [4.78, 5) is 21.6. The minimum absolute atomic E-state index is 0.733. The largest absolute Gasteiger partial charge is 0.378 e. The monoisotopic (exact) mass is 489 g/mol. The first-order chi connectivity index (χ1) is 17.6. The predicted molar refractivity (Wildman–Crippen MR) is 147 cm³/mol. The zero-order valence-corrected chi connectivity index (χ0v) is 21.7. The average Bonchev–Trinajstić information content (AvgIpc) is 2.91. The van der Waals surface area contributed by atoms with E-state index in [9.17, 15) is 0 Å². The summed E-state index contributed by atoms with van der Waals surface area (Å²) in [5.41, 5.74) is 4.42. The molecular weight excluding hydrogens is 450 g/mol. The summed E-state index contributed by atoms with van der Waals surface area (Å²) in [7, 11) is 4.20. The van der Waals surface area contributed by atoms with Crippen molar-refractivity contribution >= 4 is 11.6 Å². The Labute approximate surface area is 215 Å². The summed E-state index contributed by atoms with van der Waals surface area (Å²) >= 11 is 0. The molecule has 2 aliphatic heterocycles. The normalized spacial score (nSPS) is 16.6. The molecule has 2 aromatic rings. The highest BCUT2D eigenvalue weighted by molar-refractivity contribution is 5.61. The van der Waals surface area contributed by atoms with Crippen molar-refractivity contribution in [3.8, 4) is 11.4 Å². The van der Waals surface area contributed by atoms with Gasteiger partial charge in [0.25, 0.3) is 0 Å². The molecule has 0 spiro atoms. The zero-order valence-electron chi connectivity index (χ0n) is 21.7. The number of hydrogen-bond donors (Lipinski definition) is 1. The van der Waals surface area contributed by atoms with Crippen molar-refractivity contribution in [1.82, 2.24) is 24.8 Å². The fraction of sp³-hybridized carbons (Fsp3) is 0.464. The summed E-state index contributed by atoms with van der Waals surface area (Å²) in [5, 5.41) is 3.62. The third-order valence-corrected chi connectivity index (χ3v) is 6.56. The molecule has 0 aliphatic carbocycles. The van der Waals surface area contributed by atoms with Gasteiger partial charge in [0.05, 0.1) is 18.9 Å². The van der Waals surface area contributed by atoms with E-state index in [1.54, 1.807) is 0 Å². The van der Waals surface area contributed by atoms with Crippen molar-refractivity contribution in [1.29, 1.82) is 0 Å². The molecule has 0 radical (unpaired) electrons. The van der Waals surface area contributed by atoms with Crippen LogP contribution >= 0.6 is 0 Å². The molecule has 2 aliphatic rings. The number of allylic oxidation sites excluding steroid dienone is 2. The Morgan fingerprint density at radius 3 is 2.69 bits per heavy atom. The summed E-state index contributed by atoms with van der Waals surface area (Å²) in [6, 6.07) is 4.15. The first-order valence-electron chi connectivity index (χ1n) is 12.8. The zero-order chi connectivity index (χ0) is 25.3. The Hall–Kier alpha value is -3.07. The molecule has 36 heavy (non-hydrogen) atoms. The van der Waals surface area contributed by atoms with Gasteiger partial charge in [-0.05, 0) is 44.8 Å². The Balaban J connectivity index is 1.56. The highest BCUT2D eigenvalue weighted by atomic mass is 16.5. The highest BCUT2D eigenvalue weighted by Crippen LogP contribution is 2.28. The molecule has 1 fully saturated rings. The van der Waals surface area contributed by atoms with E-state index < -0.39 is 0 Å². The molecule has 8 heteroatoms. The number of ether oxygens (including phenoxy) is 1. The molecule has 1 saturated heterocycles. The fourth-order valence-corrected chi connectivity index (χ4v) is 4.58. The van der Waals surface area contributed by atoms with Crippen molar-refractivity contribution in [3.63, 3.8) is 0 Å². The molecule has 192 valence electrons. The average molecular weight is 490 g/mol. The molecule has 0 aromatic carbocycles. The van der Waals surface area contributed by atoms with Gasteiger partial charge in [-0.2, -0.15) is 0 Å². The first-order valence-corrected chi connectivity index (χ1v) is 12.8. The highest BCUT2D eigenvalue weighted by Gasteiger charge is 2.23. The second-order valence-corrected chi connectivity index (χ2v) is 9.55. The van der Waals surface area contributed by atoms with Crippen LogP contribution in [0.5, 0.6) is 0 Å². The number of nitrogens with one attached hydrogen (secondary N) is 1. The summed E-state index contributed by atoms with van der Waals surface area (Å²) in [6.45, 7) is 15.5. The van der Waals surface area contributed by atoms with Gasteiger partial charge in [-0.25, -0.2) is 15.0 Å². The molecule has 1 N–H and O–H groups in total. The Morgan fingerprint density at radius 1 is 1.17 bits per heavy atom. The van der Waals surface area contributed by atoms with E-state index in [1.165, 1.54) is 5.56 Å². The molecule has 0 amide bonds. The lowest BCUT2D eigenvalue weighted by Gasteiger charge is -2.30. The van der Waals surface area contributed by atoms with Crippen LogP contribution in [0.15, 0.2) is 55.3 Å². The van der Waals surface area contributed by atoms with Gasteiger partial charge < -0.3 is 19.9 Å². The summed E-state index contributed by atoms with van der Waals surface area (Å²) < 4.78 is 5.47. The minimum atomic E-state index is 0.733. The van der Waals surface area contributed by atoms with Crippen LogP contribution in [-0.2, 0) is 17.7 Å². The fourth-order valence-electron chi connectivity index (χ4n) is 4.58. The number of morpholine rings is 1. The summed E-state index contributed by atoms with van der Waals surface area (Å²) in [6.07, 6.45) is 9.58. The van der Waals surface area contributed by atoms with Crippen molar-refractivity contribution in [2.75, 3.05) is 76.8 Å². The Bertz CT molecular complexity index is 1060.